The summed E-state index contributed by atoms with van der Waals surface area (Å²) < 4.78 is 14.3. The molecule has 0 aliphatic rings. The summed E-state index contributed by atoms with van der Waals surface area (Å²) >= 11 is 3.32. The molecule has 2 rings (SSSR count). The van der Waals surface area contributed by atoms with Crippen molar-refractivity contribution < 1.29 is 4.39 Å². The zero-order valence-electron chi connectivity index (χ0n) is 9.64. The fraction of sp³-hybridized carbons (Fsp3) is 0.250. The average molecular weight is 298 g/mol. The Morgan fingerprint density at radius 2 is 2.18 bits per heavy atom. The number of hydrogen-bond donors (Lipinski definition) is 2. The van der Waals surface area contributed by atoms with E-state index in [-0.39, 0.29) is 5.82 Å². The van der Waals surface area contributed by atoms with Crippen LogP contribution in [-0.4, -0.2) is 10.2 Å². The zero-order valence-corrected chi connectivity index (χ0v) is 11.2. The second-order valence-electron chi connectivity index (χ2n) is 3.89. The molecule has 0 saturated carbocycles. The van der Waals surface area contributed by atoms with Crippen molar-refractivity contribution in [3.8, 4) is 0 Å². The van der Waals surface area contributed by atoms with Crippen molar-refractivity contribution in [1.29, 1.82) is 0 Å². The number of aromatic amines is 1. The van der Waals surface area contributed by atoms with E-state index in [0.29, 0.717) is 12.2 Å². The van der Waals surface area contributed by atoms with Crippen LogP contribution in [-0.2, 0) is 6.54 Å². The highest BCUT2D eigenvalue weighted by atomic mass is 79.9. The lowest BCUT2D eigenvalue weighted by Crippen LogP contribution is -2.03. The first-order chi connectivity index (χ1) is 8.08. The number of halogens is 2. The molecule has 5 heteroatoms. The summed E-state index contributed by atoms with van der Waals surface area (Å²) in [5, 5.41) is 10.1. The lowest BCUT2D eigenvalue weighted by atomic mass is 10.2. The number of benzene rings is 1. The monoisotopic (exact) mass is 297 g/mol. The Balaban J connectivity index is 2.15. The summed E-state index contributed by atoms with van der Waals surface area (Å²) in [4.78, 5) is 0. The average Bonchev–Trinajstić information content (AvgIpc) is 2.61. The van der Waals surface area contributed by atoms with Gasteiger partial charge in [0.25, 0.3) is 0 Å². The van der Waals surface area contributed by atoms with E-state index < -0.39 is 0 Å². The normalized spacial score (nSPS) is 10.6. The predicted octanol–water partition coefficient (Wildman–Crippen LogP) is 3.54. The minimum Gasteiger partial charge on any atom is -0.378 e. The Morgan fingerprint density at radius 3 is 2.82 bits per heavy atom. The van der Waals surface area contributed by atoms with Gasteiger partial charge in [-0.3, -0.25) is 5.10 Å². The van der Waals surface area contributed by atoms with Gasteiger partial charge < -0.3 is 5.32 Å². The number of aromatic nitrogens is 2. The van der Waals surface area contributed by atoms with Crippen molar-refractivity contribution in [2.45, 2.75) is 20.4 Å². The fourth-order valence-corrected chi connectivity index (χ4v) is 2.01. The Morgan fingerprint density at radius 1 is 1.41 bits per heavy atom. The minimum absolute atomic E-state index is 0.257. The van der Waals surface area contributed by atoms with Gasteiger partial charge in [0.2, 0.25) is 0 Å². The first-order valence-corrected chi connectivity index (χ1v) is 6.06. The van der Waals surface area contributed by atoms with Crippen LogP contribution in [0.2, 0.25) is 0 Å². The standard InChI is InChI=1S/C12H13BrFN3/c1-7-10(8(2)17-16-7)6-15-12-5-9(13)3-4-11(12)14/h3-5,15H,6H2,1-2H3,(H,16,17). The van der Waals surface area contributed by atoms with E-state index in [4.69, 9.17) is 0 Å². The number of hydrogen-bond acceptors (Lipinski definition) is 2. The van der Waals surface area contributed by atoms with E-state index in [1.54, 1.807) is 12.1 Å². The molecule has 0 bridgehead atoms. The molecule has 2 aromatic rings. The second-order valence-corrected chi connectivity index (χ2v) is 4.81. The molecule has 1 aromatic heterocycles. The summed E-state index contributed by atoms with van der Waals surface area (Å²) in [5.41, 5.74) is 3.50. The van der Waals surface area contributed by atoms with Gasteiger partial charge in [0.05, 0.1) is 11.4 Å². The Bertz CT molecular complexity index is 517. The van der Waals surface area contributed by atoms with Crippen molar-refractivity contribution in [2.24, 2.45) is 0 Å². The third-order valence-corrected chi connectivity index (χ3v) is 3.16. The maximum atomic E-state index is 13.5. The van der Waals surface area contributed by atoms with Crippen LogP contribution in [0.15, 0.2) is 22.7 Å². The first-order valence-electron chi connectivity index (χ1n) is 5.27. The maximum Gasteiger partial charge on any atom is 0.146 e. The molecule has 17 heavy (non-hydrogen) atoms. The summed E-state index contributed by atoms with van der Waals surface area (Å²) in [7, 11) is 0. The number of rotatable bonds is 3. The number of nitrogens with one attached hydrogen (secondary N) is 2. The Hall–Kier alpha value is -1.36. The van der Waals surface area contributed by atoms with Gasteiger partial charge in [-0.05, 0) is 32.0 Å². The van der Waals surface area contributed by atoms with Crippen LogP contribution in [0, 0.1) is 19.7 Å². The van der Waals surface area contributed by atoms with Crippen molar-refractivity contribution >= 4 is 21.6 Å². The fourth-order valence-electron chi connectivity index (χ4n) is 1.65. The van der Waals surface area contributed by atoms with Gasteiger partial charge in [-0.15, -0.1) is 0 Å². The van der Waals surface area contributed by atoms with E-state index >= 15 is 0 Å². The topological polar surface area (TPSA) is 40.7 Å². The molecule has 3 nitrogen and oxygen atoms in total. The van der Waals surface area contributed by atoms with E-state index in [0.717, 1.165) is 21.4 Å². The molecule has 0 unspecified atom stereocenters. The first kappa shape index (κ1) is 12.1. The highest BCUT2D eigenvalue weighted by molar-refractivity contribution is 9.10. The molecule has 0 spiro atoms. The highest BCUT2D eigenvalue weighted by Crippen LogP contribution is 2.21. The third kappa shape index (κ3) is 2.66. The smallest absolute Gasteiger partial charge is 0.146 e. The summed E-state index contributed by atoms with van der Waals surface area (Å²) in [5.74, 6) is -0.257. The van der Waals surface area contributed by atoms with Crippen molar-refractivity contribution in [1.82, 2.24) is 10.2 Å². The molecule has 2 N–H and O–H groups in total. The van der Waals surface area contributed by atoms with Gasteiger partial charge in [0.15, 0.2) is 0 Å². The molecular weight excluding hydrogens is 285 g/mol. The van der Waals surface area contributed by atoms with Gasteiger partial charge in [-0.25, -0.2) is 4.39 Å². The van der Waals surface area contributed by atoms with E-state index in [1.807, 2.05) is 13.8 Å². The summed E-state index contributed by atoms with van der Waals surface area (Å²) in [6, 6.07) is 4.83. The van der Waals surface area contributed by atoms with Gasteiger partial charge in [-0.2, -0.15) is 5.10 Å². The van der Waals surface area contributed by atoms with Gasteiger partial charge in [-0.1, -0.05) is 15.9 Å². The van der Waals surface area contributed by atoms with Crippen LogP contribution in [0.25, 0.3) is 0 Å². The number of aryl methyl sites for hydroxylation is 2. The third-order valence-electron chi connectivity index (χ3n) is 2.66. The Labute approximate surface area is 108 Å². The summed E-state index contributed by atoms with van der Waals surface area (Å²) in [6.07, 6.45) is 0. The lowest BCUT2D eigenvalue weighted by Gasteiger charge is -2.08. The predicted molar refractivity (Wildman–Crippen MR) is 69.5 cm³/mol. The maximum absolute atomic E-state index is 13.5. The lowest BCUT2D eigenvalue weighted by molar-refractivity contribution is 0.630. The van der Waals surface area contributed by atoms with Crippen molar-refractivity contribution in [3.05, 3.63) is 45.4 Å². The van der Waals surface area contributed by atoms with Crippen LogP contribution in [0.5, 0.6) is 0 Å². The molecule has 0 fully saturated rings. The van der Waals surface area contributed by atoms with Crippen LogP contribution in [0.4, 0.5) is 10.1 Å². The van der Waals surface area contributed by atoms with Crippen LogP contribution < -0.4 is 5.32 Å². The molecule has 0 amide bonds. The quantitative estimate of drug-likeness (QED) is 0.910. The molecule has 0 aliphatic heterocycles. The number of nitrogens with zero attached hydrogens (tertiary/aromatic N) is 1. The number of H-pyrrole nitrogens is 1. The molecule has 1 aromatic carbocycles. The van der Waals surface area contributed by atoms with E-state index in [1.165, 1.54) is 6.07 Å². The summed E-state index contributed by atoms with van der Waals surface area (Å²) in [6.45, 7) is 4.44. The van der Waals surface area contributed by atoms with Gasteiger partial charge in [0.1, 0.15) is 5.82 Å². The molecule has 90 valence electrons. The second kappa shape index (κ2) is 4.87. The minimum atomic E-state index is -0.257. The van der Waals surface area contributed by atoms with Crippen LogP contribution in [0.1, 0.15) is 17.0 Å². The number of anilines is 1. The van der Waals surface area contributed by atoms with Crippen molar-refractivity contribution in [2.75, 3.05) is 5.32 Å². The van der Waals surface area contributed by atoms with Crippen LogP contribution >= 0.6 is 15.9 Å². The largest absolute Gasteiger partial charge is 0.378 e. The van der Waals surface area contributed by atoms with Crippen LogP contribution in [0.3, 0.4) is 0 Å². The zero-order chi connectivity index (χ0) is 12.4. The highest BCUT2D eigenvalue weighted by Gasteiger charge is 2.07. The van der Waals surface area contributed by atoms with Gasteiger partial charge in [0, 0.05) is 22.3 Å². The SMILES string of the molecule is Cc1n[nH]c(C)c1CNc1cc(Br)ccc1F. The molecule has 0 saturated heterocycles. The Kier molecular flexibility index (Phi) is 3.47. The molecule has 0 aliphatic carbocycles. The molecule has 1 heterocycles. The van der Waals surface area contributed by atoms with Crippen molar-refractivity contribution in [3.63, 3.8) is 0 Å². The molecular formula is C12H13BrFN3. The van der Waals surface area contributed by atoms with E-state index in [9.17, 15) is 4.39 Å². The van der Waals surface area contributed by atoms with Gasteiger partial charge >= 0.3 is 0 Å². The van der Waals surface area contributed by atoms with E-state index in [2.05, 4.69) is 31.4 Å². The molecule has 0 atom stereocenters. The molecule has 0 radical (unpaired) electrons.